The summed E-state index contributed by atoms with van der Waals surface area (Å²) in [5.41, 5.74) is 2.03. The van der Waals surface area contributed by atoms with Gasteiger partial charge in [0.05, 0.1) is 11.0 Å². The van der Waals surface area contributed by atoms with Crippen LogP contribution in [0.25, 0.3) is 0 Å². The topological polar surface area (TPSA) is 78.7 Å². The second kappa shape index (κ2) is 11.5. The van der Waals surface area contributed by atoms with Crippen molar-refractivity contribution in [2.24, 2.45) is 46.3 Å². The SMILES string of the molecule is CC(C)CCC[C@@H](C)[C@H]1CC[C@H]2[C@@H]3CC=C4C[C@@H](OC(=O)Oc5cccc([N+](=O)[O-])c5)CC[C@]4(C)[C@H]3CC[C@]12C. The Kier molecular flexibility index (Phi) is 8.37. The second-order valence-corrected chi connectivity index (χ2v) is 14.4. The Labute approximate surface area is 240 Å². The van der Waals surface area contributed by atoms with Crippen molar-refractivity contribution < 1.29 is 19.2 Å². The number of benzene rings is 1. The van der Waals surface area contributed by atoms with Gasteiger partial charge in [-0.05, 0) is 97.3 Å². The summed E-state index contributed by atoms with van der Waals surface area (Å²) >= 11 is 0. The van der Waals surface area contributed by atoms with Crippen molar-refractivity contribution in [2.75, 3.05) is 0 Å². The van der Waals surface area contributed by atoms with Crippen molar-refractivity contribution in [1.82, 2.24) is 0 Å². The van der Waals surface area contributed by atoms with E-state index in [1.807, 2.05) is 0 Å². The molecule has 0 bridgehead atoms. The zero-order chi connectivity index (χ0) is 28.7. The van der Waals surface area contributed by atoms with E-state index in [-0.39, 0.29) is 23.0 Å². The van der Waals surface area contributed by atoms with Crippen LogP contribution < -0.4 is 4.74 Å². The van der Waals surface area contributed by atoms with Crippen molar-refractivity contribution in [1.29, 1.82) is 0 Å². The molecule has 0 N–H and O–H groups in total. The van der Waals surface area contributed by atoms with E-state index in [4.69, 9.17) is 9.47 Å². The molecule has 4 aliphatic carbocycles. The molecular weight excluding hydrogens is 502 g/mol. The number of allylic oxidation sites excluding steroid dienone is 1. The maximum absolute atomic E-state index is 12.5. The Morgan fingerprint density at radius 2 is 1.88 bits per heavy atom. The van der Waals surface area contributed by atoms with Crippen LogP contribution in [0.4, 0.5) is 10.5 Å². The summed E-state index contributed by atoms with van der Waals surface area (Å²) in [7, 11) is 0. The fourth-order valence-electron chi connectivity index (χ4n) is 9.67. The molecular formula is C34H49NO5. The van der Waals surface area contributed by atoms with Gasteiger partial charge >= 0.3 is 6.16 Å². The Morgan fingerprint density at radius 1 is 1.07 bits per heavy atom. The molecule has 4 aliphatic rings. The molecule has 1 aromatic carbocycles. The van der Waals surface area contributed by atoms with Gasteiger partial charge in [-0.1, -0.05) is 71.6 Å². The van der Waals surface area contributed by atoms with Gasteiger partial charge in [-0.3, -0.25) is 10.1 Å². The van der Waals surface area contributed by atoms with Crippen LogP contribution in [-0.4, -0.2) is 17.2 Å². The van der Waals surface area contributed by atoms with Gasteiger partial charge in [-0.25, -0.2) is 4.79 Å². The number of ether oxygens (including phenoxy) is 2. The number of non-ortho nitro benzene ring substituents is 1. The number of fused-ring (bicyclic) bond motifs is 5. The average Bonchev–Trinajstić information content (AvgIpc) is 3.26. The molecule has 5 rings (SSSR count). The molecule has 6 heteroatoms. The number of nitro groups is 1. The van der Waals surface area contributed by atoms with Crippen LogP contribution in [0.1, 0.15) is 105 Å². The molecule has 0 aliphatic heterocycles. The molecule has 0 aromatic heterocycles. The van der Waals surface area contributed by atoms with Crippen LogP contribution in [0.3, 0.4) is 0 Å². The number of hydrogen-bond acceptors (Lipinski definition) is 5. The molecule has 0 amide bonds. The Bertz CT molecular complexity index is 1130. The third kappa shape index (κ3) is 5.56. The number of rotatable bonds is 8. The monoisotopic (exact) mass is 551 g/mol. The molecule has 0 unspecified atom stereocenters. The predicted molar refractivity (Wildman–Crippen MR) is 157 cm³/mol. The maximum atomic E-state index is 12.5. The van der Waals surface area contributed by atoms with Gasteiger partial charge in [0, 0.05) is 12.5 Å². The smallest absolute Gasteiger partial charge is 0.430 e. The van der Waals surface area contributed by atoms with E-state index in [1.54, 1.807) is 0 Å². The van der Waals surface area contributed by atoms with Gasteiger partial charge in [-0.2, -0.15) is 0 Å². The number of nitrogens with zero attached hydrogens (tertiary/aromatic N) is 1. The number of carbonyl (C=O) groups is 1. The molecule has 8 atom stereocenters. The Balaban J connectivity index is 1.21. The van der Waals surface area contributed by atoms with Gasteiger partial charge < -0.3 is 9.47 Å². The Morgan fingerprint density at radius 3 is 2.62 bits per heavy atom. The summed E-state index contributed by atoms with van der Waals surface area (Å²) in [6.45, 7) is 12.4. The summed E-state index contributed by atoms with van der Waals surface area (Å²) in [6, 6.07) is 5.66. The molecule has 0 spiro atoms. The summed E-state index contributed by atoms with van der Waals surface area (Å²) < 4.78 is 11.0. The van der Waals surface area contributed by atoms with Gasteiger partial charge in [-0.15, -0.1) is 0 Å². The number of carbonyl (C=O) groups excluding carboxylic acids is 1. The average molecular weight is 552 g/mol. The zero-order valence-electron chi connectivity index (χ0n) is 25.2. The lowest BCUT2D eigenvalue weighted by Crippen LogP contribution is -2.51. The summed E-state index contributed by atoms with van der Waals surface area (Å²) in [5.74, 6) is 4.95. The van der Waals surface area contributed by atoms with Crippen molar-refractivity contribution >= 4 is 11.8 Å². The molecule has 220 valence electrons. The van der Waals surface area contributed by atoms with Gasteiger partial charge in [0.25, 0.3) is 5.69 Å². The van der Waals surface area contributed by atoms with E-state index in [9.17, 15) is 14.9 Å². The van der Waals surface area contributed by atoms with E-state index in [1.165, 1.54) is 74.8 Å². The molecule has 0 saturated heterocycles. The molecule has 0 radical (unpaired) electrons. The first-order valence-corrected chi connectivity index (χ1v) is 15.8. The maximum Gasteiger partial charge on any atom is 0.514 e. The minimum atomic E-state index is -0.781. The van der Waals surface area contributed by atoms with Crippen LogP contribution in [0.5, 0.6) is 5.75 Å². The molecule has 1 aromatic rings. The predicted octanol–water partition coefficient (Wildman–Crippen LogP) is 9.52. The van der Waals surface area contributed by atoms with Crippen LogP contribution in [0.2, 0.25) is 0 Å². The lowest BCUT2D eigenvalue weighted by Gasteiger charge is -2.58. The highest BCUT2D eigenvalue weighted by atomic mass is 16.7. The summed E-state index contributed by atoms with van der Waals surface area (Å²) in [5, 5.41) is 11.0. The van der Waals surface area contributed by atoms with Crippen molar-refractivity contribution in [3.63, 3.8) is 0 Å². The highest BCUT2D eigenvalue weighted by Gasteiger charge is 2.59. The van der Waals surface area contributed by atoms with Crippen molar-refractivity contribution in [3.8, 4) is 5.75 Å². The minimum absolute atomic E-state index is 0.113. The highest BCUT2D eigenvalue weighted by molar-refractivity contribution is 5.64. The van der Waals surface area contributed by atoms with Crippen LogP contribution >= 0.6 is 0 Å². The van der Waals surface area contributed by atoms with E-state index in [0.29, 0.717) is 5.41 Å². The molecule has 40 heavy (non-hydrogen) atoms. The first kappa shape index (κ1) is 29.1. The number of hydrogen-bond donors (Lipinski definition) is 0. The first-order valence-electron chi connectivity index (χ1n) is 15.8. The van der Waals surface area contributed by atoms with Gasteiger partial charge in [0.15, 0.2) is 0 Å². The molecule has 6 nitrogen and oxygen atoms in total. The third-order valence-electron chi connectivity index (χ3n) is 11.8. The molecule has 0 heterocycles. The van der Waals surface area contributed by atoms with Crippen LogP contribution in [0.15, 0.2) is 35.9 Å². The lowest BCUT2D eigenvalue weighted by molar-refractivity contribution is -0.384. The third-order valence-corrected chi connectivity index (χ3v) is 11.8. The number of nitro benzene ring substituents is 1. The normalized spacial score (nSPS) is 35.6. The highest BCUT2D eigenvalue weighted by Crippen LogP contribution is 2.67. The Hall–Kier alpha value is -2.37. The zero-order valence-corrected chi connectivity index (χ0v) is 25.2. The van der Waals surface area contributed by atoms with E-state index in [0.717, 1.165) is 61.2 Å². The van der Waals surface area contributed by atoms with Crippen molar-refractivity contribution in [2.45, 2.75) is 111 Å². The summed E-state index contributed by atoms with van der Waals surface area (Å²) in [6.07, 6.45) is 14.9. The van der Waals surface area contributed by atoms with Crippen LogP contribution in [0, 0.1) is 56.5 Å². The minimum Gasteiger partial charge on any atom is -0.430 e. The first-order chi connectivity index (χ1) is 19.0. The standard InChI is InChI=1S/C34H49NO5/c1-22(2)8-6-9-23(3)29-14-15-30-28-13-12-24-20-27(16-18-33(24,4)31(28)17-19-34(29,30)5)40-32(36)39-26-11-7-10-25(21-26)35(37)38/h7,10-12,21-23,27-31H,6,8-9,13-20H2,1-5H3/t23-,27+,28+,29-,30+,31+,33+,34-/m1/s1. The molecule has 3 fully saturated rings. The van der Waals surface area contributed by atoms with Crippen LogP contribution in [-0.2, 0) is 4.74 Å². The summed E-state index contributed by atoms with van der Waals surface area (Å²) in [4.78, 5) is 23.1. The fraction of sp³-hybridized carbons (Fsp3) is 0.735. The van der Waals surface area contributed by atoms with E-state index >= 15 is 0 Å². The van der Waals surface area contributed by atoms with Gasteiger partial charge in [0.1, 0.15) is 11.9 Å². The van der Waals surface area contributed by atoms with Gasteiger partial charge in [0.2, 0.25) is 0 Å². The molecule has 3 saturated carbocycles. The van der Waals surface area contributed by atoms with Crippen molar-refractivity contribution in [3.05, 3.63) is 46.0 Å². The quantitative estimate of drug-likeness (QED) is 0.106. The van der Waals surface area contributed by atoms with E-state index in [2.05, 4.69) is 40.7 Å². The van der Waals surface area contributed by atoms with E-state index < -0.39 is 11.1 Å². The fourth-order valence-corrected chi connectivity index (χ4v) is 9.67. The lowest BCUT2D eigenvalue weighted by atomic mass is 9.47. The largest absolute Gasteiger partial charge is 0.514 e. The second-order valence-electron chi connectivity index (χ2n) is 14.4.